The highest BCUT2D eigenvalue weighted by atomic mass is 32.2. The Kier molecular flexibility index (Phi) is 4.04. The Morgan fingerprint density at radius 3 is 2.23 bits per heavy atom. The lowest BCUT2D eigenvalue weighted by Gasteiger charge is -2.26. The molecule has 0 aliphatic carbocycles. The van der Waals surface area contributed by atoms with Gasteiger partial charge in [0.25, 0.3) is 5.91 Å². The lowest BCUT2D eigenvalue weighted by Crippen LogP contribution is -2.42. The number of carbonyl (C=O) groups is 1. The number of benzene rings is 2. The van der Waals surface area contributed by atoms with Crippen LogP contribution in [0.5, 0.6) is 0 Å². The molecule has 0 saturated carbocycles. The van der Waals surface area contributed by atoms with Gasteiger partial charge < -0.3 is 10.8 Å². The van der Waals surface area contributed by atoms with Crippen molar-refractivity contribution in [2.24, 2.45) is 5.73 Å². The zero-order valence-electron chi connectivity index (χ0n) is 11.7. The van der Waals surface area contributed by atoms with Crippen LogP contribution >= 0.6 is 0 Å². The monoisotopic (exact) mass is 323 g/mol. The first kappa shape index (κ1) is 16.1. The fourth-order valence-electron chi connectivity index (χ4n) is 2.13. The van der Waals surface area contributed by atoms with E-state index in [9.17, 15) is 22.7 Å². The number of halogens is 1. The normalized spacial score (nSPS) is 14.3. The van der Waals surface area contributed by atoms with E-state index in [0.717, 1.165) is 24.5 Å². The average Bonchev–Trinajstić information content (AvgIpc) is 2.46. The van der Waals surface area contributed by atoms with Crippen molar-refractivity contribution >= 4 is 15.7 Å². The summed E-state index contributed by atoms with van der Waals surface area (Å²) in [5.41, 5.74) is 2.55. The standard InChI is InChI=1S/C15H14FNO4S/c1-22(20,21)11-7-8-12(13(16)9-11)15(19,14(17)18)10-5-3-2-4-6-10/h2-9,19H,1H3,(H2,17,18). The van der Waals surface area contributed by atoms with Gasteiger partial charge in [0.1, 0.15) is 5.82 Å². The number of hydrogen-bond acceptors (Lipinski definition) is 4. The molecule has 3 N–H and O–H groups in total. The maximum Gasteiger partial charge on any atom is 0.258 e. The second-order valence-electron chi connectivity index (χ2n) is 4.85. The van der Waals surface area contributed by atoms with Gasteiger partial charge in [-0.1, -0.05) is 36.4 Å². The summed E-state index contributed by atoms with van der Waals surface area (Å²) in [6.07, 6.45) is 0.929. The van der Waals surface area contributed by atoms with Crippen LogP contribution in [0.15, 0.2) is 53.4 Å². The molecule has 116 valence electrons. The van der Waals surface area contributed by atoms with Crippen LogP contribution in [-0.4, -0.2) is 25.7 Å². The average molecular weight is 323 g/mol. The van der Waals surface area contributed by atoms with Crippen LogP contribution in [0, 0.1) is 5.82 Å². The molecule has 1 unspecified atom stereocenters. The van der Waals surface area contributed by atoms with E-state index in [2.05, 4.69) is 0 Å². The van der Waals surface area contributed by atoms with Crippen LogP contribution in [0.3, 0.4) is 0 Å². The Labute approximate surface area is 127 Å². The molecule has 1 amide bonds. The Bertz CT molecular complexity index is 821. The van der Waals surface area contributed by atoms with Gasteiger partial charge in [0.15, 0.2) is 15.4 Å². The van der Waals surface area contributed by atoms with Crippen molar-refractivity contribution in [3.05, 3.63) is 65.5 Å². The molecule has 0 heterocycles. The lowest BCUT2D eigenvalue weighted by molar-refractivity contribution is -0.133. The van der Waals surface area contributed by atoms with Crippen LogP contribution < -0.4 is 5.73 Å². The minimum atomic E-state index is -3.61. The van der Waals surface area contributed by atoms with Crippen molar-refractivity contribution in [2.45, 2.75) is 10.5 Å². The second kappa shape index (κ2) is 5.51. The van der Waals surface area contributed by atoms with Crippen LogP contribution in [0.4, 0.5) is 4.39 Å². The highest BCUT2D eigenvalue weighted by Gasteiger charge is 2.40. The summed E-state index contributed by atoms with van der Waals surface area (Å²) in [7, 11) is -3.61. The van der Waals surface area contributed by atoms with Crippen molar-refractivity contribution in [1.29, 1.82) is 0 Å². The Morgan fingerprint density at radius 2 is 1.77 bits per heavy atom. The third-order valence-electron chi connectivity index (χ3n) is 3.31. The van der Waals surface area contributed by atoms with Gasteiger partial charge in [0, 0.05) is 11.8 Å². The molecule has 0 aliphatic heterocycles. The number of hydrogen-bond donors (Lipinski definition) is 2. The summed E-state index contributed by atoms with van der Waals surface area (Å²) in [6, 6.07) is 10.5. The predicted octanol–water partition coefficient (Wildman–Crippen LogP) is 0.950. The first-order valence-electron chi connectivity index (χ1n) is 6.25. The molecule has 0 aromatic heterocycles. The Morgan fingerprint density at radius 1 is 1.18 bits per heavy atom. The molecule has 7 heteroatoms. The zero-order valence-corrected chi connectivity index (χ0v) is 12.5. The second-order valence-corrected chi connectivity index (χ2v) is 6.87. The lowest BCUT2D eigenvalue weighted by atomic mass is 9.85. The third-order valence-corrected chi connectivity index (χ3v) is 4.42. The number of rotatable bonds is 4. The first-order valence-corrected chi connectivity index (χ1v) is 8.14. The van der Waals surface area contributed by atoms with Gasteiger partial charge in [0.05, 0.1) is 4.90 Å². The molecule has 5 nitrogen and oxygen atoms in total. The quantitative estimate of drug-likeness (QED) is 0.875. The number of primary amides is 1. The van der Waals surface area contributed by atoms with Gasteiger partial charge in [0.2, 0.25) is 0 Å². The number of aliphatic hydroxyl groups is 1. The van der Waals surface area contributed by atoms with Crippen molar-refractivity contribution in [1.82, 2.24) is 0 Å². The minimum Gasteiger partial charge on any atom is -0.372 e. The van der Waals surface area contributed by atoms with Gasteiger partial charge in [-0.25, -0.2) is 12.8 Å². The van der Waals surface area contributed by atoms with Crippen molar-refractivity contribution in [3.63, 3.8) is 0 Å². The molecule has 2 aromatic carbocycles. The molecule has 0 radical (unpaired) electrons. The molecule has 0 bridgehead atoms. The molecular formula is C15H14FNO4S. The van der Waals surface area contributed by atoms with Gasteiger partial charge in [-0.05, 0) is 17.7 Å². The van der Waals surface area contributed by atoms with E-state index < -0.39 is 32.7 Å². The van der Waals surface area contributed by atoms with E-state index >= 15 is 0 Å². The molecule has 22 heavy (non-hydrogen) atoms. The van der Waals surface area contributed by atoms with E-state index in [1.54, 1.807) is 18.2 Å². The van der Waals surface area contributed by atoms with Crippen molar-refractivity contribution in [2.75, 3.05) is 6.26 Å². The summed E-state index contributed by atoms with van der Waals surface area (Å²) in [5, 5.41) is 10.6. The van der Waals surface area contributed by atoms with E-state index in [1.165, 1.54) is 12.1 Å². The van der Waals surface area contributed by atoms with Crippen LogP contribution in [0.1, 0.15) is 11.1 Å². The van der Waals surface area contributed by atoms with Crippen molar-refractivity contribution in [3.8, 4) is 0 Å². The maximum atomic E-state index is 14.3. The highest BCUT2D eigenvalue weighted by Crippen LogP contribution is 2.32. The molecule has 1 atom stereocenters. The maximum absolute atomic E-state index is 14.3. The topological polar surface area (TPSA) is 97.5 Å². The van der Waals surface area contributed by atoms with Crippen LogP contribution in [0.2, 0.25) is 0 Å². The van der Waals surface area contributed by atoms with Crippen molar-refractivity contribution < 1.29 is 22.7 Å². The van der Waals surface area contributed by atoms with Gasteiger partial charge >= 0.3 is 0 Å². The van der Waals surface area contributed by atoms with E-state index in [4.69, 9.17) is 5.73 Å². The summed E-state index contributed by atoms with van der Waals surface area (Å²) < 4.78 is 37.1. The molecular weight excluding hydrogens is 309 g/mol. The number of amides is 1. The molecule has 2 rings (SSSR count). The summed E-state index contributed by atoms with van der Waals surface area (Å²) in [6.45, 7) is 0. The van der Waals surface area contributed by atoms with E-state index in [1.807, 2.05) is 0 Å². The van der Waals surface area contributed by atoms with Gasteiger partial charge in [-0.3, -0.25) is 4.79 Å². The third kappa shape index (κ3) is 2.72. The SMILES string of the molecule is CS(=O)(=O)c1ccc(C(O)(C(N)=O)c2ccccc2)c(F)c1. The minimum absolute atomic E-state index is 0.0912. The fraction of sp³-hybridized carbons (Fsp3) is 0.133. The number of nitrogens with two attached hydrogens (primary N) is 1. The molecule has 0 fully saturated rings. The smallest absolute Gasteiger partial charge is 0.258 e. The van der Waals surface area contributed by atoms with Crippen LogP contribution in [-0.2, 0) is 20.2 Å². The molecule has 2 aromatic rings. The largest absolute Gasteiger partial charge is 0.372 e. The molecule has 0 aliphatic rings. The Balaban J connectivity index is 2.68. The van der Waals surface area contributed by atoms with E-state index in [-0.39, 0.29) is 10.5 Å². The fourth-order valence-corrected chi connectivity index (χ4v) is 2.76. The summed E-state index contributed by atoms with van der Waals surface area (Å²) in [5.74, 6) is -2.20. The summed E-state index contributed by atoms with van der Waals surface area (Å²) in [4.78, 5) is 11.5. The summed E-state index contributed by atoms with van der Waals surface area (Å²) >= 11 is 0. The number of sulfone groups is 1. The molecule has 0 spiro atoms. The number of carbonyl (C=O) groups excluding carboxylic acids is 1. The van der Waals surface area contributed by atoms with Gasteiger partial charge in [-0.2, -0.15) is 0 Å². The van der Waals surface area contributed by atoms with Gasteiger partial charge in [-0.15, -0.1) is 0 Å². The Hall–Kier alpha value is -2.25. The van der Waals surface area contributed by atoms with E-state index in [0.29, 0.717) is 0 Å². The highest BCUT2D eigenvalue weighted by molar-refractivity contribution is 7.90. The first-order chi connectivity index (χ1) is 10.2. The molecule has 0 saturated heterocycles. The predicted molar refractivity (Wildman–Crippen MR) is 78.1 cm³/mol. The zero-order chi connectivity index (χ0) is 16.5. The van der Waals surface area contributed by atoms with Crippen LogP contribution in [0.25, 0.3) is 0 Å².